The summed E-state index contributed by atoms with van der Waals surface area (Å²) >= 11 is 0. The zero-order valence-electron chi connectivity index (χ0n) is 8.64. The summed E-state index contributed by atoms with van der Waals surface area (Å²) in [5.41, 5.74) is 0. The minimum Gasteiger partial charge on any atom is -0.464 e. The van der Waals surface area contributed by atoms with E-state index >= 15 is 0 Å². The maximum Gasteiger partial charge on any atom is 0.338 e. The van der Waals surface area contributed by atoms with E-state index < -0.39 is 18.2 Å². The normalized spacial score (nSPS) is 14.7. The molecule has 0 amide bonds. The highest BCUT2D eigenvalue weighted by Crippen LogP contribution is 2.20. The van der Waals surface area contributed by atoms with E-state index in [0.717, 1.165) is 0 Å². The van der Waals surface area contributed by atoms with Crippen molar-refractivity contribution >= 4 is 5.97 Å². The van der Waals surface area contributed by atoms with E-state index in [2.05, 4.69) is 4.74 Å². The van der Waals surface area contributed by atoms with Crippen LogP contribution in [0.4, 0.5) is 0 Å². The molecule has 5 heteroatoms. The van der Waals surface area contributed by atoms with Crippen molar-refractivity contribution in [2.75, 3.05) is 6.61 Å². The van der Waals surface area contributed by atoms with Crippen LogP contribution in [0.25, 0.3) is 0 Å². The van der Waals surface area contributed by atoms with Crippen LogP contribution in [0.2, 0.25) is 0 Å². The molecular formula is C10H14O5. The summed E-state index contributed by atoms with van der Waals surface area (Å²) in [5.74, 6) is -0.118. The fourth-order valence-corrected chi connectivity index (χ4v) is 1.12. The number of esters is 1. The topological polar surface area (TPSA) is 79.9 Å². The number of aliphatic hydroxyl groups is 2. The second-order valence-electron chi connectivity index (χ2n) is 3.09. The Kier molecular flexibility index (Phi) is 3.88. The van der Waals surface area contributed by atoms with E-state index in [1.54, 1.807) is 19.9 Å². The highest BCUT2D eigenvalue weighted by molar-refractivity contribution is 5.75. The zero-order chi connectivity index (χ0) is 11.4. The largest absolute Gasteiger partial charge is 0.464 e. The Labute approximate surface area is 87.3 Å². The van der Waals surface area contributed by atoms with Crippen molar-refractivity contribution in [3.05, 3.63) is 23.7 Å². The van der Waals surface area contributed by atoms with E-state index in [1.165, 1.54) is 6.07 Å². The van der Waals surface area contributed by atoms with Gasteiger partial charge in [-0.25, -0.2) is 4.79 Å². The van der Waals surface area contributed by atoms with Gasteiger partial charge in [0.15, 0.2) is 6.10 Å². The van der Waals surface area contributed by atoms with Gasteiger partial charge in [-0.2, -0.15) is 0 Å². The molecule has 0 spiro atoms. The van der Waals surface area contributed by atoms with Gasteiger partial charge in [0.25, 0.3) is 0 Å². The van der Waals surface area contributed by atoms with E-state index in [1.807, 2.05) is 0 Å². The lowest BCUT2D eigenvalue weighted by Crippen LogP contribution is -2.29. The van der Waals surface area contributed by atoms with Crippen molar-refractivity contribution in [2.45, 2.75) is 26.1 Å². The first-order valence-corrected chi connectivity index (χ1v) is 4.65. The minimum atomic E-state index is -1.62. The van der Waals surface area contributed by atoms with Gasteiger partial charge in [0, 0.05) is 0 Å². The Morgan fingerprint density at radius 2 is 2.20 bits per heavy atom. The highest BCUT2D eigenvalue weighted by atomic mass is 16.5. The molecule has 0 aromatic carbocycles. The molecule has 2 atom stereocenters. The van der Waals surface area contributed by atoms with E-state index in [-0.39, 0.29) is 12.4 Å². The lowest BCUT2D eigenvalue weighted by atomic mass is 10.1. The summed E-state index contributed by atoms with van der Waals surface area (Å²) in [6.45, 7) is 3.47. The molecule has 0 bridgehead atoms. The molecule has 1 heterocycles. The van der Waals surface area contributed by atoms with Gasteiger partial charge in [0.2, 0.25) is 0 Å². The van der Waals surface area contributed by atoms with Gasteiger partial charge in [-0.15, -0.1) is 0 Å². The average molecular weight is 214 g/mol. The molecule has 15 heavy (non-hydrogen) atoms. The molecule has 0 aliphatic heterocycles. The number of rotatable bonds is 4. The van der Waals surface area contributed by atoms with Gasteiger partial charge in [0.05, 0.1) is 6.61 Å². The standard InChI is InChI=1S/C10H14O5/c1-3-14-10(13)9(12)8(11)7-5-4-6(2)15-7/h4-5,8-9,11-12H,3H2,1-2H3. The molecule has 84 valence electrons. The summed E-state index contributed by atoms with van der Waals surface area (Å²) in [4.78, 5) is 11.1. The van der Waals surface area contributed by atoms with Gasteiger partial charge < -0.3 is 19.4 Å². The lowest BCUT2D eigenvalue weighted by Gasteiger charge is -2.13. The van der Waals surface area contributed by atoms with Crippen LogP contribution in [-0.2, 0) is 9.53 Å². The maximum absolute atomic E-state index is 11.1. The highest BCUT2D eigenvalue weighted by Gasteiger charge is 2.28. The van der Waals surface area contributed by atoms with E-state index in [4.69, 9.17) is 4.42 Å². The number of carbonyl (C=O) groups is 1. The predicted octanol–water partition coefficient (Wildman–Crippen LogP) is 0.545. The molecular weight excluding hydrogens is 200 g/mol. The number of ether oxygens (including phenoxy) is 1. The van der Waals surface area contributed by atoms with Crippen molar-refractivity contribution < 1.29 is 24.2 Å². The molecule has 1 rings (SSSR count). The molecule has 1 aromatic rings. The quantitative estimate of drug-likeness (QED) is 0.715. The third-order valence-corrected chi connectivity index (χ3v) is 1.88. The fraction of sp³-hybridized carbons (Fsp3) is 0.500. The first kappa shape index (κ1) is 11.7. The lowest BCUT2D eigenvalue weighted by molar-refractivity contribution is -0.160. The zero-order valence-corrected chi connectivity index (χ0v) is 8.64. The number of carbonyl (C=O) groups excluding carboxylic acids is 1. The SMILES string of the molecule is CCOC(=O)C(O)C(O)c1ccc(C)o1. The summed E-state index contributed by atoms with van der Waals surface area (Å²) < 4.78 is 9.64. The second-order valence-corrected chi connectivity index (χ2v) is 3.09. The maximum atomic E-state index is 11.1. The molecule has 0 aliphatic carbocycles. The van der Waals surface area contributed by atoms with Crippen LogP contribution in [0.5, 0.6) is 0 Å². The van der Waals surface area contributed by atoms with Gasteiger partial charge in [-0.3, -0.25) is 0 Å². The molecule has 0 aliphatic rings. The molecule has 0 radical (unpaired) electrons. The fourth-order valence-electron chi connectivity index (χ4n) is 1.12. The Bertz CT molecular complexity index is 330. The van der Waals surface area contributed by atoms with Crippen molar-refractivity contribution in [2.24, 2.45) is 0 Å². The van der Waals surface area contributed by atoms with Crippen LogP contribution in [0.15, 0.2) is 16.5 Å². The average Bonchev–Trinajstić information content (AvgIpc) is 2.63. The molecule has 5 nitrogen and oxygen atoms in total. The van der Waals surface area contributed by atoms with Crippen molar-refractivity contribution in [1.29, 1.82) is 0 Å². The number of hydrogen-bond donors (Lipinski definition) is 2. The smallest absolute Gasteiger partial charge is 0.338 e. The number of aliphatic hydroxyl groups excluding tert-OH is 2. The molecule has 1 aromatic heterocycles. The van der Waals surface area contributed by atoms with Gasteiger partial charge in [-0.05, 0) is 26.0 Å². The molecule has 2 N–H and O–H groups in total. The summed E-state index contributed by atoms with van der Waals surface area (Å²) in [6.07, 6.45) is -3.01. The first-order valence-electron chi connectivity index (χ1n) is 4.65. The van der Waals surface area contributed by atoms with Crippen LogP contribution < -0.4 is 0 Å². The van der Waals surface area contributed by atoms with Crippen molar-refractivity contribution in [3.63, 3.8) is 0 Å². The van der Waals surface area contributed by atoms with Crippen LogP contribution in [-0.4, -0.2) is 28.9 Å². The Morgan fingerprint density at radius 3 is 2.67 bits per heavy atom. The van der Waals surface area contributed by atoms with Crippen molar-refractivity contribution in [3.8, 4) is 0 Å². The molecule has 0 saturated heterocycles. The van der Waals surface area contributed by atoms with Crippen LogP contribution >= 0.6 is 0 Å². The summed E-state index contributed by atoms with van der Waals surface area (Å²) in [7, 11) is 0. The van der Waals surface area contributed by atoms with Gasteiger partial charge in [0.1, 0.15) is 17.6 Å². The number of furan rings is 1. The Balaban J connectivity index is 2.67. The third-order valence-electron chi connectivity index (χ3n) is 1.88. The summed E-state index contributed by atoms with van der Waals surface area (Å²) in [5, 5.41) is 19.0. The third kappa shape index (κ3) is 2.81. The van der Waals surface area contributed by atoms with E-state index in [9.17, 15) is 15.0 Å². The molecule has 0 saturated carbocycles. The van der Waals surface area contributed by atoms with Crippen LogP contribution in [0, 0.1) is 6.92 Å². The number of hydrogen-bond acceptors (Lipinski definition) is 5. The predicted molar refractivity (Wildman–Crippen MR) is 51.0 cm³/mol. The Morgan fingerprint density at radius 1 is 1.53 bits per heavy atom. The van der Waals surface area contributed by atoms with Crippen LogP contribution in [0.3, 0.4) is 0 Å². The second kappa shape index (κ2) is 4.95. The van der Waals surface area contributed by atoms with Crippen molar-refractivity contribution in [1.82, 2.24) is 0 Å². The Hall–Kier alpha value is -1.33. The van der Waals surface area contributed by atoms with Crippen LogP contribution in [0.1, 0.15) is 24.5 Å². The minimum absolute atomic E-state index is 0.146. The molecule has 2 unspecified atom stereocenters. The summed E-state index contributed by atoms with van der Waals surface area (Å²) in [6, 6.07) is 3.14. The monoisotopic (exact) mass is 214 g/mol. The first-order chi connectivity index (χ1) is 7.06. The van der Waals surface area contributed by atoms with E-state index in [0.29, 0.717) is 5.76 Å². The number of aryl methyl sites for hydroxylation is 1. The van der Waals surface area contributed by atoms with Gasteiger partial charge in [-0.1, -0.05) is 0 Å². The van der Waals surface area contributed by atoms with Gasteiger partial charge >= 0.3 is 5.97 Å². The molecule has 0 fully saturated rings.